The second-order valence-electron chi connectivity index (χ2n) is 7.24. The maximum atomic E-state index is 12.5. The molecule has 2 aromatic carbocycles. The Morgan fingerprint density at radius 1 is 1.18 bits per heavy atom. The molecule has 3 rings (SSSR count). The van der Waals surface area contributed by atoms with Crippen LogP contribution in [0.3, 0.4) is 0 Å². The normalized spacial score (nSPS) is 11.3. The van der Waals surface area contributed by atoms with Gasteiger partial charge in [-0.2, -0.15) is 0 Å². The summed E-state index contributed by atoms with van der Waals surface area (Å²) in [6, 6.07) is 12.0. The Bertz CT molecular complexity index is 1040. The third-order valence-electron chi connectivity index (χ3n) is 4.17. The third-order valence-corrected chi connectivity index (χ3v) is 5.17. The fourth-order valence-corrected chi connectivity index (χ4v) is 3.50. The van der Waals surface area contributed by atoms with Gasteiger partial charge in [0.15, 0.2) is 5.13 Å². The van der Waals surface area contributed by atoms with Crippen molar-refractivity contribution >= 4 is 39.7 Å². The monoisotopic (exact) mass is 415 g/mol. The van der Waals surface area contributed by atoms with Gasteiger partial charge in [-0.25, -0.2) is 4.98 Å². The summed E-state index contributed by atoms with van der Waals surface area (Å²) in [5.74, 6) is -0.604. The molecule has 28 heavy (non-hydrogen) atoms. The fraction of sp³-hybridized carbons (Fsp3) is 0.200. The van der Waals surface area contributed by atoms with Crippen LogP contribution in [0.25, 0.3) is 11.3 Å². The topological polar surface area (TPSA) is 85.1 Å². The summed E-state index contributed by atoms with van der Waals surface area (Å²) in [5.41, 5.74) is 2.52. The summed E-state index contributed by atoms with van der Waals surface area (Å²) in [6.45, 7) is 6.44. The number of aromatic nitrogens is 1. The van der Waals surface area contributed by atoms with Crippen molar-refractivity contribution in [2.75, 3.05) is 5.32 Å². The van der Waals surface area contributed by atoms with E-state index in [4.69, 9.17) is 11.6 Å². The Labute approximate surface area is 171 Å². The smallest absolute Gasteiger partial charge is 0.283 e. The van der Waals surface area contributed by atoms with Gasteiger partial charge in [-0.3, -0.25) is 20.2 Å². The number of hydrogen-bond donors (Lipinski definition) is 1. The van der Waals surface area contributed by atoms with Crippen molar-refractivity contribution in [1.82, 2.24) is 4.98 Å². The zero-order valence-electron chi connectivity index (χ0n) is 15.5. The van der Waals surface area contributed by atoms with Crippen molar-refractivity contribution in [3.63, 3.8) is 0 Å². The Balaban J connectivity index is 1.80. The van der Waals surface area contributed by atoms with Gasteiger partial charge in [-0.15, -0.1) is 11.3 Å². The molecule has 1 amide bonds. The minimum absolute atomic E-state index is 0.0625. The number of halogens is 1. The van der Waals surface area contributed by atoms with E-state index in [-0.39, 0.29) is 21.7 Å². The molecule has 0 saturated carbocycles. The minimum atomic E-state index is -0.634. The van der Waals surface area contributed by atoms with Gasteiger partial charge in [-0.05, 0) is 23.1 Å². The van der Waals surface area contributed by atoms with E-state index in [0.717, 1.165) is 17.3 Å². The zero-order chi connectivity index (χ0) is 20.5. The molecular weight excluding hydrogens is 398 g/mol. The SMILES string of the molecule is CC(C)(C)c1ccc(-c2csc(NC(=O)c3ccc(Cl)cc3[N+](=O)[O-])n2)cc1. The Morgan fingerprint density at radius 2 is 1.86 bits per heavy atom. The number of nitro benzene ring substituents is 1. The number of benzene rings is 2. The van der Waals surface area contributed by atoms with Crippen molar-refractivity contribution in [3.05, 3.63) is 74.1 Å². The average Bonchev–Trinajstić information content (AvgIpc) is 3.09. The highest BCUT2D eigenvalue weighted by atomic mass is 35.5. The van der Waals surface area contributed by atoms with Gasteiger partial charge in [-0.1, -0.05) is 56.6 Å². The summed E-state index contributed by atoms with van der Waals surface area (Å²) in [5, 5.41) is 16.2. The van der Waals surface area contributed by atoms with Gasteiger partial charge in [0.1, 0.15) is 5.56 Å². The van der Waals surface area contributed by atoms with Crippen LogP contribution in [0.5, 0.6) is 0 Å². The molecule has 6 nitrogen and oxygen atoms in total. The maximum absolute atomic E-state index is 12.5. The molecule has 0 fully saturated rings. The number of nitro groups is 1. The van der Waals surface area contributed by atoms with Crippen LogP contribution in [-0.2, 0) is 5.41 Å². The van der Waals surface area contributed by atoms with Crippen LogP contribution < -0.4 is 5.32 Å². The lowest BCUT2D eigenvalue weighted by Crippen LogP contribution is -2.13. The van der Waals surface area contributed by atoms with Gasteiger partial charge in [0.25, 0.3) is 11.6 Å². The van der Waals surface area contributed by atoms with Gasteiger partial charge in [0.05, 0.1) is 10.6 Å². The van der Waals surface area contributed by atoms with Crippen LogP contribution in [0.2, 0.25) is 5.02 Å². The van der Waals surface area contributed by atoms with Crippen molar-refractivity contribution in [2.24, 2.45) is 0 Å². The summed E-state index contributed by atoms with van der Waals surface area (Å²) in [4.78, 5) is 27.4. The van der Waals surface area contributed by atoms with Crippen LogP contribution >= 0.6 is 22.9 Å². The number of nitrogens with one attached hydrogen (secondary N) is 1. The van der Waals surface area contributed by atoms with E-state index in [0.29, 0.717) is 5.13 Å². The second kappa shape index (κ2) is 7.69. The van der Waals surface area contributed by atoms with Crippen molar-refractivity contribution in [3.8, 4) is 11.3 Å². The quantitative estimate of drug-likeness (QED) is 0.423. The first kappa shape index (κ1) is 20.0. The van der Waals surface area contributed by atoms with E-state index in [2.05, 4.69) is 43.2 Å². The van der Waals surface area contributed by atoms with Crippen molar-refractivity contribution in [1.29, 1.82) is 0 Å². The van der Waals surface area contributed by atoms with Gasteiger partial charge >= 0.3 is 0 Å². The molecule has 0 spiro atoms. The molecule has 1 heterocycles. The maximum Gasteiger partial charge on any atom is 0.283 e. The van der Waals surface area contributed by atoms with E-state index in [9.17, 15) is 14.9 Å². The minimum Gasteiger partial charge on any atom is -0.298 e. The predicted molar refractivity (Wildman–Crippen MR) is 112 cm³/mol. The van der Waals surface area contributed by atoms with Gasteiger partial charge < -0.3 is 0 Å². The molecule has 0 aliphatic rings. The second-order valence-corrected chi connectivity index (χ2v) is 8.53. The van der Waals surface area contributed by atoms with Crippen LogP contribution in [0.15, 0.2) is 47.8 Å². The summed E-state index contributed by atoms with van der Waals surface area (Å²) >= 11 is 7.05. The number of nitrogens with zero attached hydrogens (tertiary/aromatic N) is 2. The Morgan fingerprint density at radius 3 is 2.46 bits per heavy atom. The molecule has 144 valence electrons. The molecule has 1 N–H and O–H groups in total. The van der Waals surface area contributed by atoms with Crippen molar-refractivity contribution in [2.45, 2.75) is 26.2 Å². The fourth-order valence-electron chi connectivity index (χ4n) is 2.62. The summed E-state index contributed by atoms with van der Waals surface area (Å²) in [7, 11) is 0. The van der Waals surface area contributed by atoms with Crippen LogP contribution in [-0.4, -0.2) is 15.8 Å². The van der Waals surface area contributed by atoms with E-state index in [1.165, 1.54) is 29.0 Å². The molecule has 0 unspecified atom stereocenters. The number of hydrogen-bond acceptors (Lipinski definition) is 5. The van der Waals surface area contributed by atoms with Crippen LogP contribution in [0.1, 0.15) is 36.7 Å². The molecule has 1 aromatic heterocycles. The molecule has 0 saturated heterocycles. The van der Waals surface area contributed by atoms with Crippen molar-refractivity contribution < 1.29 is 9.72 Å². The third kappa shape index (κ3) is 4.37. The molecule has 3 aromatic rings. The van der Waals surface area contributed by atoms with Crippen LogP contribution in [0.4, 0.5) is 10.8 Å². The highest BCUT2D eigenvalue weighted by molar-refractivity contribution is 7.14. The zero-order valence-corrected chi connectivity index (χ0v) is 17.1. The van der Waals surface area contributed by atoms with Gasteiger partial charge in [0.2, 0.25) is 0 Å². The molecule has 0 aliphatic carbocycles. The van der Waals surface area contributed by atoms with E-state index in [1.807, 2.05) is 17.5 Å². The molecule has 0 aliphatic heterocycles. The van der Waals surface area contributed by atoms with Crippen LogP contribution in [0, 0.1) is 10.1 Å². The van der Waals surface area contributed by atoms with E-state index >= 15 is 0 Å². The number of amides is 1. The van der Waals surface area contributed by atoms with Gasteiger partial charge in [0, 0.05) is 22.0 Å². The number of carbonyl (C=O) groups excluding carboxylic acids is 1. The molecule has 0 bridgehead atoms. The highest BCUT2D eigenvalue weighted by Gasteiger charge is 2.21. The lowest BCUT2D eigenvalue weighted by atomic mass is 9.86. The average molecular weight is 416 g/mol. The lowest BCUT2D eigenvalue weighted by Gasteiger charge is -2.18. The molecule has 0 radical (unpaired) electrons. The summed E-state index contributed by atoms with van der Waals surface area (Å²) in [6.07, 6.45) is 0. The lowest BCUT2D eigenvalue weighted by molar-refractivity contribution is -0.385. The van der Waals surface area contributed by atoms with E-state index in [1.54, 1.807) is 0 Å². The number of thiazole rings is 1. The first-order chi connectivity index (χ1) is 13.1. The summed E-state index contributed by atoms with van der Waals surface area (Å²) < 4.78 is 0. The number of rotatable bonds is 4. The predicted octanol–water partition coefficient (Wildman–Crippen LogP) is 5.92. The first-order valence-electron chi connectivity index (χ1n) is 8.47. The first-order valence-corrected chi connectivity index (χ1v) is 9.72. The Kier molecular flexibility index (Phi) is 5.49. The largest absolute Gasteiger partial charge is 0.298 e. The standard InChI is InChI=1S/C20H18ClN3O3S/c1-20(2,3)13-6-4-12(5-7-13)16-11-28-19(22-16)23-18(25)15-9-8-14(21)10-17(15)24(26)27/h4-11H,1-3H3,(H,22,23,25). The Hall–Kier alpha value is -2.77. The highest BCUT2D eigenvalue weighted by Crippen LogP contribution is 2.29. The van der Waals surface area contributed by atoms with E-state index < -0.39 is 10.8 Å². The molecule has 0 atom stereocenters. The molecule has 8 heteroatoms. The molecular formula is C20H18ClN3O3S. The number of anilines is 1. The number of carbonyl (C=O) groups is 1.